The quantitative estimate of drug-likeness (QED) is 0.474. The van der Waals surface area contributed by atoms with Crippen LogP contribution in [0.5, 0.6) is 0 Å². The highest BCUT2D eigenvalue weighted by Crippen LogP contribution is 2.40. The lowest BCUT2D eigenvalue weighted by Crippen LogP contribution is -2.62. The Balaban J connectivity index is 2.60. The van der Waals surface area contributed by atoms with Crippen molar-refractivity contribution in [2.45, 2.75) is 103 Å². The summed E-state index contributed by atoms with van der Waals surface area (Å²) in [5.74, 6) is -1.13. The first kappa shape index (κ1) is 22.9. The summed E-state index contributed by atoms with van der Waals surface area (Å²) in [6.07, 6.45) is 2.35. The summed E-state index contributed by atoms with van der Waals surface area (Å²) in [5.41, 5.74) is -1.64. The van der Waals surface area contributed by atoms with Gasteiger partial charge in [-0.25, -0.2) is 0 Å². The number of unbranched alkanes of at least 4 members (excludes halogenated alkanes) is 1. The summed E-state index contributed by atoms with van der Waals surface area (Å²) in [7, 11) is 0. The molecule has 0 amide bonds. The third-order valence-electron chi connectivity index (χ3n) is 4.42. The topological polar surface area (TPSA) is 96.3 Å². The van der Waals surface area contributed by atoms with Crippen LogP contribution >= 0.6 is 0 Å². The van der Waals surface area contributed by atoms with Gasteiger partial charge in [0.15, 0.2) is 0 Å². The second kappa shape index (κ2) is 8.67. The molecule has 0 aromatic rings. The molecule has 0 aliphatic carbocycles. The molecule has 7 heteroatoms. The standard InChI is InChI=1S/C19H35NO6/c1-17(2)11-14(26-16(23)10-8-7-9-15(21)22)12-18(3,4)20(17)25-13-19(5,6)24/h14,24H,7-13H2,1-6H3,(H,21,22). The lowest BCUT2D eigenvalue weighted by Gasteiger charge is -2.53. The molecule has 1 heterocycles. The van der Waals surface area contributed by atoms with Gasteiger partial charge in [-0.3, -0.25) is 14.4 Å². The number of aliphatic carboxylic acids is 1. The SMILES string of the molecule is CC(C)(O)CON1C(C)(C)CC(OC(=O)CCCCC(=O)O)CC1(C)C. The summed E-state index contributed by atoms with van der Waals surface area (Å²) in [6, 6.07) is 0. The second-order valence-corrected chi connectivity index (χ2v) is 9.13. The molecule has 1 fully saturated rings. The summed E-state index contributed by atoms with van der Waals surface area (Å²) in [6.45, 7) is 11.7. The van der Waals surface area contributed by atoms with Crippen LogP contribution < -0.4 is 0 Å². The van der Waals surface area contributed by atoms with Crippen molar-refractivity contribution >= 4 is 11.9 Å². The minimum Gasteiger partial charge on any atom is -0.481 e. The van der Waals surface area contributed by atoms with E-state index < -0.39 is 11.6 Å². The Kier molecular flexibility index (Phi) is 7.62. The van der Waals surface area contributed by atoms with Crippen LogP contribution in [0.25, 0.3) is 0 Å². The Bertz CT molecular complexity index is 477. The lowest BCUT2D eigenvalue weighted by atomic mass is 9.80. The van der Waals surface area contributed by atoms with Gasteiger partial charge in [-0.2, -0.15) is 5.06 Å². The Labute approximate surface area is 156 Å². The number of rotatable bonds is 9. The number of esters is 1. The number of ether oxygens (including phenoxy) is 1. The van der Waals surface area contributed by atoms with Crippen molar-refractivity contribution in [1.82, 2.24) is 5.06 Å². The molecule has 0 unspecified atom stereocenters. The van der Waals surface area contributed by atoms with Gasteiger partial charge in [0.25, 0.3) is 0 Å². The molecule has 0 saturated carbocycles. The molecule has 0 bridgehead atoms. The van der Waals surface area contributed by atoms with Crippen molar-refractivity contribution in [1.29, 1.82) is 0 Å². The molecule has 1 aliphatic heterocycles. The number of aliphatic hydroxyl groups is 1. The van der Waals surface area contributed by atoms with Crippen molar-refractivity contribution in [2.24, 2.45) is 0 Å². The average Bonchev–Trinajstić information content (AvgIpc) is 2.39. The third-order valence-corrected chi connectivity index (χ3v) is 4.42. The van der Waals surface area contributed by atoms with Gasteiger partial charge in [0, 0.05) is 36.8 Å². The van der Waals surface area contributed by atoms with Crippen molar-refractivity contribution in [3.8, 4) is 0 Å². The van der Waals surface area contributed by atoms with Crippen LogP contribution in [0.1, 0.15) is 80.1 Å². The number of hydrogen-bond donors (Lipinski definition) is 2. The molecule has 0 aromatic carbocycles. The first-order chi connectivity index (χ1) is 11.7. The summed E-state index contributed by atoms with van der Waals surface area (Å²) < 4.78 is 5.65. The molecule has 0 radical (unpaired) electrons. The van der Waals surface area contributed by atoms with Gasteiger partial charge in [0.05, 0.1) is 12.2 Å². The van der Waals surface area contributed by atoms with Crippen LogP contribution in [0.4, 0.5) is 0 Å². The molecular formula is C19H35NO6. The average molecular weight is 373 g/mol. The van der Waals surface area contributed by atoms with E-state index in [9.17, 15) is 14.7 Å². The fraction of sp³-hybridized carbons (Fsp3) is 0.895. The van der Waals surface area contributed by atoms with E-state index in [4.69, 9.17) is 14.7 Å². The number of carbonyl (C=O) groups is 2. The number of hydroxylamine groups is 2. The number of carboxylic acids is 1. The van der Waals surface area contributed by atoms with Crippen molar-refractivity contribution < 1.29 is 29.4 Å². The van der Waals surface area contributed by atoms with E-state index in [0.29, 0.717) is 25.7 Å². The summed E-state index contributed by atoms with van der Waals surface area (Å²) in [4.78, 5) is 28.5. The molecular weight excluding hydrogens is 338 g/mol. The zero-order valence-electron chi connectivity index (χ0n) is 17.0. The van der Waals surface area contributed by atoms with Crippen LogP contribution in [0.15, 0.2) is 0 Å². The van der Waals surface area contributed by atoms with E-state index in [1.54, 1.807) is 13.8 Å². The highest BCUT2D eigenvalue weighted by Gasteiger charge is 2.48. The normalized spacial score (nSPS) is 20.7. The minimum absolute atomic E-state index is 0.0737. The molecule has 2 N–H and O–H groups in total. The number of hydrogen-bond acceptors (Lipinski definition) is 6. The van der Waals surface area contributed by atoms with Gasteiger partial charge < -0.3 is 14.9 Å². The lowest BCUT2D eigenvalue weighted by molar-refractivity contribution is -0.306. The maximum Gasteiger partial charge on any atom is 0.306 e. The van der Waals surface area contributed by atoms with Crippen molar-refractivity contribution in [3.63, 3.8) is 0 Å². The van der Waals surface area contributed by atoms with Crippen molar-refractivity contribution in [3.05, 3.63) is 0 Å². The Morgan fingerprint density at radius 1 is 1.08 bits per heavy atom. The van der Waals surface area contributed by atoms with Crippen LogP contribution in [-0.4, -0.2) is 56.6 Å². The van der Waals surface area contributed by atoms with Gasteiger partial charge in [-0.15, -0.1) is 0 Å². The molecule has 0 spiro atoms. The largest absolute Gasteiger partial charge is 0.481 e. The molecule has 0 aromatic heterocycles. The number of carbonyl (C=O) groups excluding carboxylic acids is 1. The van der Waals surface area contributed by atoms with Gasteiger partial charge in [0.1, 0.15) is 6.10 Å². The predicted octanol–water partition coefficient (Wildman–Crippen LogP) is 2.90. The van der Waals surface area contributed by atoms with E-state index >= 15 is 0 Å². The molecule has 7 nitrogen and oxygen atoms in total. The smallest absolute Gasteiger partial charge is 0.306 e. The van der Waals surface area contributed by atoms with Crippen LogP contribution in [0.2, 0.25) is 0 Å². The Hall–Kier alpha value is -1.18. The van der Waals surface area contributed by atoms with E-state index in [0.717, 1.165) is 0 Å². The molecule has 26 heavy (non-hydrogen) atoms. The van der Waals surface area contributed by atoms with E-state index in [-0.39, 0.29) is 42.6 Å². The van der Waals surface area contributed by atoms with Crippen molar-refractivity contribution in [2.75, 3.05) is 6.61 Å². The predicted molar refractivity (Wildman–Crippen MR) is 97.5 cm³/mol. The first-order valence-electron chi connectivity index (χ1n) is 9.30. The van der Waals surface area contributed by atoms with E-state index in [2.05, 4.69) is 0 Å². The maximum atomic E-state index is 12.1. The monoisotopic (exact) mass is 373 g/mol. The van der Waals surface area contributed by atoms with Gasteiger partial charge in [0.2, 0.25) is 0 Å². The fourth-order valence-electron chi connectivity index (χ4n) is 3.62. The van der Waals surface area contributed by atoms with Crippen LogP contribution in [0.3, 0.4) is 0 Å². The van der Waals surface area contributed by atoms with Gasteiger partial charge in [-0.05, 0) is 54.4 Å². The van der Waals surface area contributed by atoms with Gasteiger partial charge >= 0.3 is 11.9 Å². The molecule has 1 rings (SSSR count). The molecule has 1 saturated heterocycles. The highest BCUT2D eigenvalue weighted by molar-refractivity contribution is 5.70. The molecule has 1 aliphatic rings. The first-order valence-corrected chi connectivity index (χ1v) is 9.30. The van der Waals surface area contributed by atoms with E-state index in [1.807, 2.05) is 32.8 Å². The zero-order valence-corrected chi connectivity index (χ0v) is 17.0. The third kappa shape index (κ3) is 7.60. The number of nitrogens with zero attached hydrogens (tertiary/aromatic N) is 1. The Morgan fingerprint density at radius 2 is 1.58 bits per heavy atom. The van der Waals surface area contributed by atoms with Crippen LogP contribution in [0, 0.1) is 0 Å². The fourth-order valence-corrected chi connectivity index (χ4v) is 3.62. The maximum absolute atomic E-state index is 12.1. The number of carboxylic acid groups (broad SMARTS) is 1. The van der Waals surface area contributed by atoms with Gasteiger partial charge in [-0.1, -0.05) is 0 Å². The minimum atomic E-state index is -0.925. The summed E-state index contributed by atoms with van der Waals surface area (Å²) >= 11 is 0. The number of piperidine rings is 1. The van der Waals surface area contributed by atoms with E-state index in [1.165, 1.54) is 0 Å². The highest BCUT2D eigenvalue weighted by atomic mass is 16.7. The Morgan fingerprint density at radius 3 is 2.04 bits per heavy atom. The second-order valence-electron chi connectivity index (χ2n) is 9.13. The summed E-state index contributed by atoms with van der Waals surface area (Å²) in [5, 5.41) is 20.5. The molecule has 152 valence electrons. The zero-order chi connectivity index (χ0) is 20.2. The molecule has 0 atom stereocenters. The van der Waals surface area contributed by atoms with Crippen LogP contribution in [-0.2, 0) is 19.2 Å².